The summed E-state index contributed by atoms with van der Waals surface area (Å²) in [5, 5.41) is 2.88. The Balaban J connectivity index is 0.00000361. The summed E-state index contributed by atoms with van der Waals surface area (Å²) >= 11 is 0. The predicted octanol–water partition coefficient (Wildman–Crippen LogP) is 1.39. The monoisotopic (exact) mass is 406 g/mol. The number of guanidine groups is 1. The van der Waals surface area contributed by atoms with E-state index in [2.05, 4.69) is 10.3 Å². The fraction of sp³-hybridized carbons (Fsp3) is 0.818. The molecule has 1 aliphatic heterocycles. The van der Waals surface area contributed by atoms with E-state index in [-0.39, 0.29) is 42.1 Å². The van der Waals surface area contributed by atoms with Gasteiger partial charge in [-0.2, -0.15) is 0 Å². The van der Waals surface area contributed by atoms with Crippen LogP contribution >= 0.6 is 24.0 Å². The van der Waals surface area contributed by atoms with E-state index in [0.29, 0.717) is 32.5 Å². The maximum atomic E-state index is 11.9. The molecule has 0 unspecified atom stereocenters. The van der Waals surface area contributed by atoms with Gasteiger partial charge in [-0.25, -0.2) is 18.6 Å². The van der Waals surface area contributed by atoms with Gasteiger partial charge in [-0.3, -0.25) is 0 Å². The van der Waals surface area contributed by atoms with Crippen LogP contribution in [0.2, 0.25) is 0 Å². The molecule has 1 amide bonds. The molecular weight excluding hydrogens is 385 g/mol. The van der Waals surface area contributed by atoms with Crippen molar-refractivity contribution in [1.82, 2.24) is 10.2 Å². The number of nitrogens with zero attached hydrogens (tertiary/aromatic N) is 2. The molecular formula is C11H21F2IN4O2. The molecule has 0 saturated carbocycles. The molecule has 0 bridgehead atoms. The molecule has 1 heterocycles. The van der Waals surface area contributed by atoms with Crippen molar-refractivity contribution >= 4 is 36.0 Å². The first-order valence-corrected chi connectivity index (χ1v) is 6.29. The van der Waals surface area contributed by atoms with Crippen molar-refractivity contribution in [2.24, 2.45) is 10.7 Å². The Morgan fingerprint density at radius 1 is 1.50 bits per heavy atom. The number of aliphatic imine (C=N–C) groups is 1. The van der Waals surface area contributed by atoms with Crippen LogP contribution in [0.3, 0.4) is 0 Å². The molecule has 0 aliphatic carbocycles. The Kier molecular flexibility index (Phi) is 9.51. The first kappa shape index (κ1) is 19.1. The van der Waals surface area contributed by atoms with E-state index >= 15 is 0 Å². The van der Waals surface area contributed by atoms with Gasteiger partial charge in [0.1, 0.15) is 6.54 Å². The number of hydrogen-bond donors (Lipinski definition) is 2. The fourth-order valence-corrected chi connectivity index (χ4v) is 1.84. The second-order valence-corrected chi connectivity index (χ2v) is 4.22. The molecule has 1 aliphatic rings. The van der Waals surface area contributed by atoms with Crippen LogP contribution in [0.25, 0.3) is 0 Å². The molecule has 1 rings (SSSR count). The maximum Gasteiger partial charge on any atom is 0.409 e. The van der Waals surface area contributed by atoms with Gasteiger partial charge in [0.05, 0.1) is 6.61 Å². The highest BCUT2D eigenvalue weighted by Crippen LogP contribution is 2.11. The van der Waals surface area contributed by atoms with Gasteiger partial charge in [-0.15, -0.1) is 24.0 Å². The number of halogens is 3. The zero-order chi connectivity index (χ0) is 14.3. The van der Waals surface area contributed by atoms with E-state index in [4.69, 9.17) is 10.5 Å². The summed E-state index contributed by atoms with van der Waals surface area (Å²) in [6, 6.07) is 0.0482. The van der Waals surface area contributed by atoms with E-state index in [9.17, 15) is 13.6 Å². The minimum atomic E-state index is -2.49. The Hall–Kier alpha value is -0.870. The van der Waals surface area contributed by atoms with E-state index in [0.717, 1.165) is 0 Å². The average Bonchev–Trinajstić information content (AvgIpc) is 2.37. The smallest absolute Gasteiger partial charge is 0.409 e. The van der Waals surface area contributed by atoms with Crippen LogP contribution < -0.4 is 11.1 Å². The number of hydrogen-bond acceptors (Lipinski definition) is 3. The fourth-order valence-electron chi connectivity index (χ4n) is 1.84. The van der Waals surface area contributed by atoms with Crippen LogP contribution in [0, 0.1) is 0 Å². The van der Waals surface area contributed by atoms with E-state index in [1.54, 1.807) is 11.8 Å². The number of amides is 1. The molecule has 0 spiro atoms. The molecule has 0 aromatic carbocycles. The predicted molar refractivity (Wildman–Crippen MR) is 82.7 cm³/mol. The zero-order valence-corrected chi connectivity index (χ0v) is 13.7. The molecule has 1 saturated heterocycles. The minimum absolute atomic E-state index is 0. The molecule has 0 radical (unpaired) electrons. The molecule has 3 N–H and O–H groups in total. The number of nitrogens with one attached hydrogen (secondary N) is 1. The molecule has 20 heavy (non-hydrogen) atoms. The Morgan fingerprint density at radius 3 is 2.60 bits per heavy atom. The largest absolute Gasteiger partial charge is 0.450 e. The summed E-state index contributed by atoms with van der Waals surface area (Å²) in [6.07, 6.45) is -1.45. The topological polar surface area (TPSA) is 80.0 Å². The lowest BCUT2D eigenvalue weighted by Crippen LogP contribution is -2.48. The number of carbonyl (C=O) groups is 1. The third kappa shape index (κ3) is 7.06. The number of piperidine rings is 1. The van der Waals surface area contributed by atoms with Crippen molar-refractivity contribution in [1.29, 1.82) is 0 Å². The van der Waals surface area contributed by atoms with Crippen molar-refractivity contribution in [3.8, 4) is 0 Å². The van der Waals surface area contributed by atoms with Crippen molar-refractivity contribution in [2.75, 3.05) is 26.2 Å². The van der Waals surface area contributed by atoms with Crippen molar-refractivity contribution in [3.05, 3.63) is 0 Å². The highest BCUT2D eigenvalue weighted by Gasteiger charge is 2.23. The Bertz CT molecular complexity index is 324. The van der Waals surface area contributed by atoms with Gasteiger partial charge in [-0.05, 0) is 19.8 Å². The number of rotatable bonds is 4. The van der Waals surface area contributed by atoms with Crippen LogP contribution in [0.1, 0.15) is 19.8 Å². The van der Waals surface area contributed by atoms with Gasteiger partial charge in [0.2, 0.25) is 0 Å². The average molecular weight is 406 g/mol. The summed E-state index contributed by atoms with van der Waals surface area (Å²) in [7, 11) is 0. The van der Waals surface area contributed by atoms with Crippen molar-refractivity contribution in [2.45, 2.75) is 32.2 Å². The van der Waals surface area contributed by atoms with Crippen LogP contribution in [-0.4, -0.2) is 55.7 Å². The van der Waals surface area contributed by atoms with E-state index in [1.807, 2.05) is 0 Å². The number of carbonyl (C=O) groups excluding carboxylic acids is 1. The minimum Gasteiger partial charge on any atom is -0.450 e. The standard InChI is InChI=1S/C11H20F2N4O2.HI/c1-2-19-11(18)17-5-3-8(4-6-17)16-10(14)15-7-9(12)13;/h8-9H,2-7H2,1H3,(H3,14,15,16);1H. The zero-order valence-electron chi connectivity index (χ0n) is 11.3. The molecule has 118 valence electrons. The normalized spacial score (nSPS) is 16.8. The van der Waals surface area contributed by atoms with Crippen LogP contribution in [-0.2, 0) is 4.74 Å². The number of alkyl halides is 2. The Labute approximate surface area is 134 Å². The molecule has 9 heteroatoms. The van der Waals surface area contributed by atoms with Gasteiger partial charge in [0, 0.05) is 19.1 Å². The van der Waals surface area contributed by atoms with Crippen LogP contribution in [0.15, 0.2) is 4.99 Å². The summed E-state index contributed by atoms with van der Waals surface area (Å²) in [6.45, 7) is 2.62. The Morgan fingerprint density at radius 2 is 2.10 bits per heavy atom. The van der Waals surface area contributed by atoms with E-state index < -0.39 is 13.0 Å². The van der Waals surface area contributed by atoms with Gasteiger partial charge in [0.15, 0.2) is 5.96 Å². The first-order chi connectivity index (χ1) is 9.02. The van der Waals surface area contributed by atoms with Gasteiger partial charge in [0.25, 0.3) is 6.43 Å². The summed E-state index contributed by atoms with van der Waals surface area (Å²) in [5.74, 6) is 0.0230. The quantitative estimate of drug-likeness (QED) is 0.420. The summed E-state index contributed by atoms with van der Waals surface area (Å²) < 4.78 is 28.8. The third-order valence-corrected chi connectivity index (χ3v) is 2.77. The van der Waals surface area contributed by atoms with Gasteiger partial charge < -0.3 is 20.7 Å². The lowest BCUT2D eigenvalue weighted by atomic mass is 10.1. The molecule has 0 atom stereocenters. The number of likely N-dealkylation sites (tertiary alicyclic amines) is 1. The number of ether oxygens (including phenoxy) is 1. The SMILES string of the molecule is CCOC(=O)N1CCC(NC(N)=NCC(F)F)CC1.I. The van der Waals surface area contributed by atoms with Crippen LogP contribution in [0.5, 0.6) is 0 Å². The molecule has 0 aromatic rings. The molecule has 6 nitrogen and oxygen atoms in total. The van der Waals surface area contributed by atoms with Gasteiger partial charge in [-0.1, -0.05) is 0 Å². The highest BCUT2D eigenvalue weighted by molar-refractivity contribution is 14.0. The first-order valence-electron chi connectivity index (χ1n) is 6.29. The van der Waals surface area contributed by atoms with Crippen LogP contribution in [0.4, 0.5) is 13.6 Å². The summed E-state index contributed by atoms with van der Waals surface area (Å²) in [5.41, 5.74) is 5.50. The summed E-state index contributed by atoms with van der Waals surface area (Å²) in [4.78, 5) is 16.6. The highest BCUT2D eigenvalue weighted by atomic mass is 127. The van der Waals surface area contributed by atoms with Crippen molar-refractivity contribution < 1.29 is 18.3 Å². The second-order valence-electron chi connectivity index (χ2n) is 4.22. The third-order valence-electron chi connectivity index (χ3n) is 2.77. The maximum absolute atomic E-state index is 11.9. The lowest BCUT2D eigenvalue weighted by molar-refractivity contribution is 0.0963. The molecule has 0 aromatic heterocycles. The van der Waals surface area contributed by atoms with Gasteiger partial charge >= 0.3 is 6.09 Å². The van der Waals surface area contributed by atoms with Crippen molar-refractivity contribution in [3.63, 3.8) is 0 Å². The van der Waals surface area contributed by atoms with E-state index in [1.165, 1.54) is 0 Å². The second kappa shape index (κ2) is 9.94. The molecule has 1 fully saturated rings. The lowest BCUT2D eigenvalue weighted by Gasteiger charge is -2.31. The number of nitrogens with two attached hydrogens (primary N) is 1.